The molecule has 1 aromatic heterocycles. The number of nitrogens with zero attached hydrogens (tertiary/aromatic N) is 1. The van der Waals surface area contributed by atoms with Crippen LogP contribution in [0.5, 0.6) is 11.5 Å². The quantitative estimate of drug-likeness (QED) is 0.903. The Morgan fingerprint density at radius 3 is 2.96 bits per heavy atom. The molecule has 1 heterocycles. The number of aryl methyl sites for hydroxylation is 1. The van der Waals surface area contributed by atoms with Gasteiger partial charge in [0.2, 0.25) is 0 Å². The van der Waals surface area contributed by atoms with E-state index >= 15 is 0 Å². The molecule has 0 saturated heterocycles. The molecule has 0 saturated carbocycles. The number of rotatable bonds is 5. The van der Waals surface area contributed by atoms with Gasteiger partial charge in [-0.05, 0) is 44.4 Å². The molecule has 23 heavy (non-hydrogen) atoms. The second-order valence-corrected chi connectivity index (χ2v) is 6.49. The standard InChI is InChI=1S/C17H19NO4S/c1-3-22-12-8-7-10(9-13(12)21-2)16-18-15-11(17(19)20)5-4-6-14(15)23-16/h7-9,11H,3-6H2,1-2H3,(H,19,20). The van der Waals surface area contributed by atoms with E-state index in [1.165, 1.54) is 0 Å². The molecule has 1 unspecified atom stereocenters. The predicted octanol–water partition coefficient (Wildman–Crippen LogP) is 3.72. The minimum absolute atomic E-state index is 0.478. The Labute approximate surface area is 138 Å². The number of hydrogen-bond donors (Lipinski definition) is 1. The Kier molecular flexibility index (Phi) is 4.52. The van der Waals surface area contributed by atoms with Crippen molar-refractivity contribution in [3.63, 3.8) is 0 Å². The van der Waals surface area contributed by atoms with Crippen molar-refractivity contribution in [3.05, 3.63) is 28.8 Å². The average Bonchev–Trinajstić information content (AvgIpc) is 2.99. The van der Waals surface area contributed by atoms with Gasteiger partial charge < -0.3 is 14.6 Å². The number of hydrogen-bond acceptors (Lipinski definition) is 5. The van der Waals surface area contributed by atoms with E-state index in [2.05, 4.69) is 4.98 Å². The van der Waals surface area contributed by atoms with Crippen LogP contribution in [-0.4, -0.2) is 29.8 Å². The molecule has 1 aromatic carbocycles. The third kappa shape index (κ3) is 3.03. The minimum atomic E-state index is -0.785. The first-order valence-electron chi connectivity index (χ1n) is 7.67. The van der Waals surface area contributed by atoms with E-state index < -0.39 is 11.9 Å². The van der Waals surface area contributed by atoms with E-state index in [-0.39, 0.29) is 0 Å². The van der Waals surface area contributed by atoms with Gasteiger partial charge in [0.25, 0.3) is 0 Å². The summed E-state index contributed by atoms with van der Waals surface area (Å²) >= 11 is 1.58. The SMILES string of the molecule is CCOc1ccc(-c2nc3c(s2)CCCC3C(=O)O)cc1OC. The first kappa shape index (κ1) is 15.8. The van der Waals surface area contributed by atoms with Crippen LogP contribution in [0.4, 0.5) is 0 Å². The number of carbonyl (C=O) groups is 1. The van der Waals surface area contributed by atoms with Gasteiger partial charge in [0.15, 0.2) is 11.5 Å². The molecule has 6 heteroatoms. The molecule has 1 aliphatic rings. The van der Waals surface area contributed by atoms with Gasteiger partial charge in [0, 0.05) is 10.4 Å². The van der Waals surface area contributed by atoms with Crippen LogP contribution in [0.1, 0.15) is 36.3 Å². The molecule has 0 spiro atoms. The first-order chi connectivity index (χ1) is 11.1. The molecule has 0 radical (unpaired) electrons. The van der Waals surface area contributed by atoms with E-state index in [1.54, 1.807) is 18.4 Å². The minimum Gasteiger partial charge on any atom is -0.493 e. The summed E-state index contributed by atoms with van der Waals surface area (Å²) in [6.45, 7) is 2.50. The second-order valence-electron chi connectivity index (χ2n) is 5.41. The number of carboxylic acids is 1. The maximum atomic E-state index is 11.4. The highest BCUT2D eigenvalue weighted by molar-refractivity contribution is 7.15. The van der Waals surface area contributed by atoms with Crippen molar-refractivity contribution in [2.45, 2.75) is 32.1 Å². The van der Waals surface area contributed by atoms with Gasteiger partial charge in [-0.1, -0.05) is 0 Å². The first-order valence-corrected chi connectivity index (χ1v) is 8.49. The number of methoxy groups -OCH3 is 1. The number of aliphatic carboxylic acids is 1. The summed E-state index contributed by atoms with van der Waals surface area (Å²) in [5, 5.41) is 10.2. The van der Waals surface area contributed by atoms with Gasteiger partial charge in [-0.2, -0.15) is 0 Å². The molecule has 122 valence electrons. The highest BCUT2D eigenvalue weighted by Crippen LogP contribution is 2.40. The van der Waals surface area contributed by atoms with Gasteiger partial charge in [-0.15, -0.1) is 11.3 Å². The number of benzene rings is 1. The molecular weight excluding hydrogens is 314 g/mol. The topological polar surface area (TPSA) is 68.7 Å². The summed E-state index contributed by atoms with van der Waals surface area (Å²) in [6, 6.07) is 5.70. The largest absolute Gasteiger partial charge is 0.493 e. The second kappa shape index (κ2) is 6.58. The monoisotopic (exact) mass is 333 g/mol. The molecule has 0 aliphatic heterocycles. The van der Waals surface area contributed by atoms with Crippen molar-refractivity contribution >= 4 is 17.3 Å². The van der Waals surface area contributed by atoms with Crippen LogP contribution in [0, 0.1) is 0 Å². The smallest absolute Gasteiger partial charge is 0.312 e. The van der Waals surface area contributed by atoms with Crippen molar-refractivity contribution in [1.29, 1.82) is 0 Å². The van der Waals surface area contributed by atoms with Crippen LogP contribution < -0.4 is 9.47 Å². The van der Waals surface area contributed by atoms with E-state index in [0.29, 0.717) is 24.5 Å². The summed E-state index contributed by atoms with van der Waals surface area (Å²) in [5.74, 6) is 0.0937. The van der Waals surface area contributed by atoms with E-state index in [1.807, 2.05) is 25.1 Å². The Bertz CT molecular complexity index is 725. The lowest BCUT2D eigenvalue weighted by Crippen LogP contribution is -2.17. The summed E-state index contributed by atoms with van der Waals surface area (Å²) < 4.78 is 10.9. The van der Waals surface area contributed by atoms with Crippen molar-refractivity contribution in [2.24, 2.45) is 0 Å². The molecule has 2 aromatic rings. The summed E-state index contributed by atoms with van der Waals surface area (Å²) in [6.07, 6.45) is 2.47. The Balaban J connectivity index is 1.98. The van der Waals surface area contributed by atoms with Crippen LogP contribution in [-0.2, 0) is 11.2 Å². The summed E-state index contributed by atoms with van der Waals surface area (Å²) in [5.41, 5.74) is 1.66. The van der Waals surface area contributed by atoms with E-state index in [9.17, 15) is 9.90 Å². The third-order valence-electron chi connectivity index (χ3n) is 3.96. The number of thiazole rings is 1. The zero-order valence-corrected chi connectivity index (χ0v) is 14.0. The molecule has 1 aliphatic carbocycles. The molecule has 0 fully saturated rings. The highest BCUT2D eigenvalue weighted by atomic mass is 32.1. The van der Waals surface area contributed by atoms with Gasteiger partial charge >= 0.3 is 5.97 Å². The van der Waals surface area contributed by atoms with Gasteiger partial charge in [0.05, 0.1) is 25.3 Å². The van der Waals surface area contributed by atoms with Crippen molar-refractivity contribution in [3.8, 4) is 22.1 Å². The molecule has 1 atom stereocenters. The maximum absolute atomic E-state index is 11.4. The number of ether oxygens (including phenoxy) is 2. The Hall–Kier alpha value is -2.08. The summed E-state index contributed by atoms with van der Waals surface area (Å²) in [7, 11) is 1.61. The molecule has 1 N–H and O–H groups in total. The fourth-order valence-corrected chi connectivity index (χ4v) is 4.02. The van der Waals surface area contributed by atoms with Crippen LogP contribution in [0.2, 0.25) is 0 Å². The molecule has 0 amide bonds. The van der Waals surface area contributed by atoms with Crippen LogP contribution >= 0.6 is 11.3 Å². The lowest BCUT2D eigenvalue weighted by molar-refractivity contribution is -0.139. The van der Waals surface area contributed by atoms with Gasteiger partial charge in [-0.25, -0.2) is 4.98 Å². The van der Waals surface area contributed by atoms with Crippen LogP contribution in [0.3, 0.4) is 0 Å². The molecule has 3 rings (SSSR count). The summed E-state index contributed by atoms with van der Waals surface area (Å²) in [4.78, 5) is 17.1. The average molecular weight is 333 g/mol. The molecule has 0 bridgehead atoms. The van der Waals surface area contributed by atoms with Gasteiger partial charge in [0.1, 0.15) is 5.01 Å². The molecular formula is C17H19NO4S. The van der Waals surface area contributed by atoms with Crippen LogP contribution in [0.25, 0.3) is 10.6 Å². The van der Waals surface area contributed by atoms with E-state index in [4.69, 9.17) is 9.47 Å². The lowest BCUT2D eigenvalue weighted by atomic mass is 9.91. The predicted molar refractivity (Wildman–Crippen MR) is 88.6 cm³/mol. The number of carboxylic acid groups (broad SMARTS) is 1. The zero-order valence-electron chi connectivity index (χ0n) is 13.2. The normalized spacial score (nSPS) is 16.7. The fourth-order valence-electron chi connectivity index (χ4n) is 2.86. The van der Waals surface area contributed by atoms with Crippen molar-refractivity contribution in [1.82, 2.24) is 4.98 Å². The number of aromatic nitrogens is 1. The third-order valence-corrected chi connectivity index (χ3v) is 5.14. The zero-order chi connectivity index (χ0) is 16.4. The van der Waals surface area contributed by atoms with E-state index in [0.717, 1.165) is 34.0 Å². The Morgan fingerprint density at radius 2 is 2.26 bits per heavy atom. The van der Waals surface area contributed by atoms with Crippen LogP contribution in [0.15, 0.2) is 18.2 Å². The molecule has 5 nitrogen and oxygen atoms in total. The number of fused-ring (bicyclic) bond motifs is 1. The van der Waals surface area contributed by atoms with Crippen molar-refractivity contribution in [2.75, 3.05) is 13.7 Å². The van der Waals surface area contributed by atoms with Gasteiger partial charge in [-0.3, -0.25) is 4.79 Å². The Morgan fingerprint density at radius 1 is 1.43 bits per heavy atom. The lowest BCUT2D eigenvalue weighted by Gasteiger charge is -2.16. The fraction of sp³-hybridized carbons (Fsp3) is 0.412. The highest BCUT2D eigenvalue weighted by Gasteiger charge is 2.30. The van der Waals surface area contributed by atoms with Crippen molar-refractivity contribution < 1.29 is 19.4 Å². The maximum Gasteiger partial charge on any atom is 0.312 e.